The van der Waals surface area contributed by atoms with E-state index in [1.807, 2.05) is 4.90 Å². The van der Waals surface area contributed by atoms with Crippen molar-refractivity contribution in [2.75, 3.05) is 52.6 Å². The van der Waals surface area contributed by atoms with Gasteiger partial charge in [-0.1, -0.05) is 0 Å². The molecule has 4 rings (SSSR count). The summed E-state index contributed by atoms with van der Waals surface area (Å²) in [5, 5.41) is 0. The molecule has 7 nitrogen and oxygen atoms in total. The van der Waals surface area contributed by atoms with E-state index in [1.165, 1.54) is 0 Å². The number of imidazole rings is 1. The van der Waals surface area contributed by atoms with E-state index in [0.29, 0.717) is 38.8 Å². The molecule has 0 aromatic carbocycles. The van der Waals surface area contributed by atoms with Gasteiger partial charge in [0.2, 0.25) is 5.91 Å². The van der Waals surface area contributed by atoms with Crippen molar-refractivity contribution >= 4 is 5.91 Å². The van der Waals surface area contributed by atoms with Crippen molar-refractivity contribution < 1.29 is 14.3 Å². The molecule has 144 valence electrons. The van der Waals surface area contributed by atoms with E-state index in [-0.39, 0.29) is 5.91 Å². The number of rotatable bonds is 4. The number of carbonyl (C=O) groups is 1. The van der Waals surface area contributed by atoms with Gasteiger partial charge in [0.1, 0.15) is 5.82 Å². The van der Waals surface area contributed by atoms with Gasteiger partial charge in [0.15, 0.2) is 0 Å². The molecule has 0 bridgehead atoms. The highest BCUT2D eigenvalue weighted by Crippen LogP contribution is 2.27. The first kappa shape index (κ1) is 17.9. The fourth-order valence-electron chi connectivity index (χ4n) is 4.27. The van der Waals surface area contributed by atoms with Gasteiger partial charge in [-0.05, 0) is 25.7 Å². The number of hydrogen-bond donors (Lipinski definition) is 0. The van der Waals surface area contributed by atoms with Gasteiger partial charge in [0.05, 0.1) is 31.4 Å². The minimum absolute atomic E-state index is 0.162. The van der Waals surface area contributed by atoms with Crippen LogP contribution in [0.3, 0.4) is 0 Å². The van der Waals surface area contributed by atoms with Gasteiger partial charge >= 0.3 is 0 Å². The zero-order valence-electron chi connectivity index (χ0n) is 15.7. The Morgan fingerprint density at radius 1 is 1.12 bits per heavy atom. The molecule has 0 saturated carbocycles. The zero-order valence-corrected chi connectivity index (χ0v) is 15.7. The van der Waals surface area contributed by atoms with E-state index in [9.17, 15) is 4.79 Å². The Balaban J connectivity index is 1.38. The lowest BCUT2D eigenvalue weighted by Crippen LogP contribution is -2.41. The lowest BCUT2D eigenvalue weighted by Gasteiger charge is -2.37. The number of amides is 1. The predicted octanol–water partition coefficient (Wildman–Crippen LogP) is 1.09. The van der Waals surface area contributed by atoms with Crippen molar-refractivity contribution in [2.45, 2.75) is 38.8 Å². The Kier molecular flexibility index (Phi) is 5.57. The van der Waals surface area contributed by atoms with Crippen molar-refractivity contribution in [3.63, 3.8) is 0 Å². The number of aromatic nitrogens is 2. The molecule has 1 atom stereocenters. The standard InChI is InChI=1S/C19H30N4O3/c1-15-19-20-17(12-18(24)21-6-10-26-11-7-21)14-23(19)5-4-22(15)13-16-2-8-25-9-3-16/h14-16H,2-13H2,1H3. The molecule has 0 aliphatic carbocycles. The third-order valence-electron chi connectivity index (χ3n) is 5.94. The summed E-state index contributed by atoms with van der Waals surface area (Å²) in [7, 11) is 0. The van der Waals surface area contributed by atoms with E-state index < -0.39 is 0 Å². The van der Waals surface area contributed by atoms with Gasteiger partial charge in [0.25, 0.3) is 0 Å². The average molecular weight is 362 g/mol. The second kappa shape index (κ2) is 8.06. The van der Waals surface area contributed by atoms with Crippen LogP contribution in [-0.4, -0.2) is 77.9 Å². The van der Waals surface area contributed by atoms with Gasteiger partial charge in [-0.2, -0.15) is 0 Å². The molecule has 0 spiro atoms. The van der Waals surface area contributed by atoms with Crippen LogP contribution in [-0.2, 0) is 27.2 Å². The Morgan fingerprint density at radius 3 is 2.62 bits per heavy atom. The minimum Gasteiger partial charge on any atom is -0.381 e. The van der Waals surface area contributed by atoms with E-state index >= 15 is 0 Å². The topological polar surface area (TPSA) is 59.8 Å². The van der Waals surface area contributed by atoms with E-state index in [0.717, 1.165) is 63.1 Å². The third-order valence-corrected chi connectivity index (χ3v) is 5.94. The molecule has 4 heterocycles. The summed E-state index contributed by atoms with van der Waals surface area (Å²) in [4.78, 5) is 21.8. The first-order valence-corrected chi connectivity index (χ1v) is 9.94. The molecule has 3 aliphatic rings. The maximum absolute atomic E-state index is 12.5. The number of nitrogens with zero attached hydrogens (tertiary/aromatic N) is 4. The Bertz CT molecular complexity index is 620. The monoisotopic (exact) mass is 362 g/mol. The summed E-state index contributed by atoms with van der Waals surface area (Å²) in [5.41, 5.74) is 0.899. The zero-order chi connectivity index (χ0) is 17.9. The van der Waals surface area contributed by atoms with Crippen LogP contribution in [0.2, 0.25) is 0 Å². The lowest BCUT2D eigenvalue weighted by atomic mass is 9.98. The fraction of sp³-hybridized carbons (Fsp3) is 0.789. The Hall–Kier alpha value is -1.44. The maximum Gasteiger partial charge on any atom is 0.228 e. The molecule has 26 heavy (non-hydrogen) atoms. The van der Waals surface area contributed by atoms with Crippen molar-refractivity contribution in [1.29, 1.82) is 0 Å². The number of morpholine rings is 1. The molecule has 3 aliphatic heterocycles. The molecule has 1 unspecified atom stereocenters. The van der Waals surface area contributed by atoms with Crippen LogP contribution in [0.1, 0.15) is 37.3 Å². The lowest BCUT2D eigenvalue weighted by molar-refractivity contribution is -0.134. The molecule has 1 aromatic rings. The van der Waals surface area contributed by atoms with Crippen molar-refractivity contribution in [3.05, 3.63) is 17.7 Å². The Morgan fingerprint density at radius 2 is 1.85 bits per heavy atom. The second-order valence-corrected chi connectivity index (χ2v) is 7.68. The van der Waals surface area contributed by atoms with Gasteiger partial charge < -0.3 is 18.9 Å². The third kappa shape index (κ3) is 3.94. The van der Waals surface area contributed by atoms with Crippen LogP contribution in [0.5, 0.6) is 0 Å². The smallest absolute Gasteiger partial charge is 0.228 e. The quantitative estimate of drug-likeness (QED) is 0.802. The summed E-state index contributed by atoms with van der Waals surface area (Å²) in [6, 6.07) is 0.304. The normalized spacial score (nSPS) is 25.3. The molecule has 0 N–H and O–H groups in total. The number of ether oxygens (including phenoxy) is 2. The van der Waals surface area contributed by atoms with Crippen LogP contribution < -0.4 is 0 Å². The summed E-state index contributed by atoms with van der Waals surface area (Å²) in [6.45, 7) is 9.85. The highest BCUT2D eigenvalue weighted by Gasteiger charge is 2.29. The summed E-state index contributed by atoms with van der Waals surface area (Å²) < 4.78 is 13.1. The van der Waals surface area contributed by atoms with Crippen LogP contribution in [0, 0.1) is 5.92 Å². The molecule has 2 saturated heterocycles. The van der Waals surface area contributed by atoms with Crippen LogP contribution in [0.4, 0.5) is 0 Å². The average Bonchev–Trinajstić information content (AvgIpc) is 3.09. The minimum atomic E-state index is 0.162. The molecule has 7 heteroatoms. The van der Waals surface area contributed by atoms with Crippen LogP contribution >= 0.6 is 0 Å². The number of fused-ring (bicyclic) bond motifs is 1. The molecule has 1 amide bonds. The van der Waals surface area contributed by atoms with E-state index in [4.69, 9.17) is 14.5 Å². The number of carbonyl (C=O) groups excluding carboxylic acids is 1. The summed E-state index contributed by atoms with van der Waals surface area (Å²) >= 11 is 0. The SMILES string of the molecule is CC1c2nc(CC(=O)N3CCOCC3)cn2CCN1CC1CCOCC1. The Labute approximate surface area is 155 Å². The van der Waals surface area contributed by atoms with Gasteiger partial charge in [0, 0.05) is 52.1 Å². The van der Waals surface area contributed by atoms with Crippen molar-refractivity contribution in [3.8, 4) is 0 Å². The van der Waals surface area contributed by atoms with Crippen LogP contribution in [0.15, 0.2) is 6.20 Å². The number of hydrogen-bond acceptors (Lipinski definition) is 5. The van der Waals surface area contributed by atoms with Gasteiger partial charge in [-0.15, -0.1) is 0 Å². The highest BCUT2D eigenvalue weighted by atomic mass is 16.5. The molecule has 0 radical (unpaired) electrons. The first-order chi connectivity index (χ1) is 12.7. The maximum atomic E-state index is 12.5. The van der Waals surface area contributed by atoms with Gasteiger partial charge in [-0.25, -0.2) is 4.98 Å². The largest absolute Gasteiger partial charge is 0.381 e. The van der Waals surface area contributed by atoms with E-state index in [1.54, 1.807) is 0 Å². The summed E-state index contributed by atoms with van der Waals surface area (Å²) in [5.74, 6) is 2.00. The first-order valence-electron chi connectivity index (χ1n) is 9.94. The van der Waals surface area contributed by atoms with Gasteiger partial charge in [-0.3, -0.25) is 9.69 Å². The van der Waals surface area contributed by atoms with Crippen molar-refractivity contribution in [2.24, 2.45) is 5.92 Å². The molecule has 1 aromatic heterocycles. The second-order valence-electron chi connectivity index (χ2n) is 7.68. The highest BCUT2D eigenvalue weighted by molar-refractivity contribution is 5.78. The summed E-state index contributed by atoms with van der Waals surface area (Å²) in [6.07, 6.45) is 4.80. The van der Waals surface area contributed by atoms with Crippen molar-refractivity contribution in [1.82, 2.24) is 19.4 Å². The molecule has 2 fully saturated rings. The van der Waals surface area contributed by atoms with E-state index in [2.05, 4.69) is 22.6 Å². The molecular formula is C19H30N4O3. The van der Waals surface area contributed by atoms with Crippen LogP contribution in [0.25, 0.3) is 0 Å². The molecular weight excluding hydrogens is 332 g/mol. The predicted molar refractivity (Wildman–Crippen MR) is 96.9 cm³/mol. The fourth-order valence-corrected chi connectivity index (χ4v) is 4.27.